The van der Waals surface area contributed by atoms with Crippen molar-refractivity contribution < 1.29 is 18.3 Å². The zero-order chi connectivity index (χ0) is 18.6. The van der Waals surface area contributed by atoms with E-state index in [0.717, 1.165) is 25.7 Å². The van der Waals surface area contributed by atoms with Gasteiger partial charge >= 0.3 is 0 Å². The second-order valence-corrected chi connectivity index (χ2v) is 8.11. The zero-order valence-electron chi connectivity index (χ0n) is 14.3. The van der Waals surface area contributed by atoms with Gasteiger partial charge in [-0.15, -0.1) is 0 Å². The molecule has 1 aliphatic rings. The molecule has 8 heteroatoms. The number of carbonyl (C=O) groups is 1. The monoisotopic (exact) mass is 375 g/mol. The molecule has 0 saturated carbocycles. The largest absolute Gasteiger partial charge is 0.504 e. The normalized spacial score (nSPS) is 16.0. The molecule has 2 aromatic rings. The first-order chi connectivity index (χ1) is 12.5. The number of nitrogens with zero attached hydrogens (tertiary/aromatic N) is 2. The van der Waals surface area contributed by atoms with Crippen molar-refractivity contribution in [2.45, 2.75) is 30.6 Å². The van der Waals surface area contributed by atoms with Crippen LogP contribution >= 0.6 is 0 Å². The molecule has 138 valence electrons. The minimum Gasteiger partial charge on any atom is -0.504 e. The lowest BCUT2D eigenvalue weighted by molar-refractivity contribution is 0.102. The van der Waals surface area contributed by atoms with Gasteiger partial charge in [0.2, 0.25) is 10.0 Å². The summed E-state index contributed by atoms with van der Waals surface area (Å²) in [6.07, 6.45) is 5.19. The molecule has 1 saturated heterocycles. The molecule has 2 N–H and O–H groups in total. The Kier molecular flexibility index (Phi) is 5.53. The van der Waals surface area contributed by atoms with Gasteiger partial charge in [-0.2, -0.15) is 4.31 Å². The van der Waals surface area contributed by atoms with E-state index < -0.39 is 15.9 Å². The first kappa shape index (κ1) is 18.3. The van der Waals surface area contributed by atoms with Crippen LogP contribution in [0.1, 0.15) is 36.0 Å². The van der Waals surface area contributed by atoms with E-state index in [1.165, 1.54) is 40.8 Å². The molecule has 1 amide bonds. The van der Waals surface area contributed by atoms with Crippen molar-refractivity contribution in [3.8, 4) is 5.75 Å². The standard InChI is InChI=1S/C18H21N3O4S/c22-16-9-6-10-19-17(16)20-18(23)14-7-5-8-15(13-14)26(24,25)21-11-3-1-2-4-12-21/h5-10,13,22H,1-4,11-12H2,(H,19,20,23). The number of hydrogen-bond donors (Lipinski definition) is 2. The Morgan fingerprint density at radius 2 is 1.81 bits per heavy atom. The summed E-state index contributed by atoms with van der Waals surface area (Å²) in [6, 6.07) is 8.86. The van der Waals surface area contributed by atoms with Crippen LogP contribution in [-0.4, -0.2) is 41.8 Å². The number of rotatable bonds is 4. The third-order valence-corrected chi connectivity index (χ3v) is 6.21. The van der Waals surface area contributed by atoms with Gasteiger partial charge in [0.05, 0.1) is 4.90 Å². The topological polar surface area (TPSA) is 99.6 Å². The van der Waals surface area contributed by atoms with Gasteiger partial charge in [-0.1, -0.05) is 18.9 Å². The quantitative estimate of drug-likeness (QED) is 0.856. The molecule has 1 aromatic carbocycles. The second-order valence-electron chi connectivity index (χ2n) is 6.17. The fraction of sp³-hybridized carbons (Fsp3) is 0.333. The van der Waals surface area contributed by atoms with Crippen molar-refractivity contribution >= 4 is 21.7 Å². The number of aromatic hydroxyl groups is 1. The van der Waals surface area contributed by atoms with Crippen LogP contribution in [0, 0.1) is 0 Å². The van der Waals surface area contributed by atoms with Crippen LogP contribution in [0.15, 0.2) is 47.5 Å². The van der Waals surface area contributed by atoms with Gasteiger partial charge in [-0.3, -0.25) is 4.79 Å². The number of carbonyl (C=O) groups excluding carboxylic acids is 1. The van der Waals surface area contributed by atoms with Crippen LogP contribution in [0.5, 0.6) is 5.75 Å². The molecule has 2 heterocycles. The Labute approximate surface area is 152 Å². The Morgan fingerprint density at radius 3 is 2.50 bits per heavy atom. The molecule has 1 fully saturated rings. The number of sulfonamides is 1. The van der Waals surface area contributed by atoms with Gasteiger partial charge in [0.15, 0.2) is 11.6 Å². The third-order valence-electron chi connectivity index (χ3n) is 4.32. The van der Waals surface area contributed by atoms with Crippen LogP contribution in [0.3, 0.4) is 0 Å². The molecule has 0 atom stereocenters. The van der Waals surface area contributed by atoms with Crippen LogP contribution in [0.25, 0.3) is 0 Å². The molecule has 0 radical (unpaired) electrons. The number of pyridine rings is 1. The summed E-state index contributed by atoms with van der Waals surface area (Å²) in [6.45, 7) is 1.00. The average Bonchev–Trinajstić information content (AvgIpc) is 2.94. The highest BCUT2D eigenvalue weighted by Gasteiger charge is 2.25. The van der Waals surface area contributed by atoms with Gasteiger partial charge in [0.1, 0.15) is 0 Å². The summed E-state index contributed by atoms with van der Waals surface area (Å²) in [5, 5.41) is 12.2. The van der Waals surface area contributed by atoms with E-state index in [1.807, 2.05) is 0 Å². The molecule has 0 unspecified atom stereocenters. The highest BCUT2D eigenvalue weighted by Crippen LogP contribution is 2.23. The molecule has 1 aromatic heterocycles. The van der Waals surface area contributed by atoms with Crippen molar-refractivity contribution in [3.05, 3.63) is 48.2 Å². The summed E-state index contributed by atoms with van der Waals surface area (Å²) < 4.78 is 27.2. The summed E-state index contributed by atoms with van der Waals surface area (Å²) in [5.41, 5.74) is 0.186. The number of nitrogens with one attached hydrogen (secondary N) is 1. The smallest absolute Gasteiger partial charge is 0.256 e. The van der Waals surface area contributed by atoms with Crippen molar-refractivity contribution in [2.75, 3.05) is 18.4 Å². The molecule has 1 aliphatic heterocycles. The Morgan fingerprint density at radius 1 is 1.08 bits per heavy atom. The first-order valence-corrected chi connectivity index (χ1v) is 9.98. The first-order valence-electron chi connectivity index (χ1n) is 8.54. The predicted molar refractivity (Wildman–Crippen MR) is 97.5 cm³/mol. The lowest BCUT2D eigenvalue weighted by atomic mass is 10.2. The van der Waals surface area contributed by atoms with Crippen molar-refractivity contribution in [2.24, 2.45) is 0 Å². The molecule has 7 nitrogen and oxygen atoms in total. The van der Waals surface area contributed by atoms with Crippen LogP contribution in [-0.2, 0) is 10.0 Å². The van der Waals surface area contributed by atoms with E-state index in [4.69, 9.17) is 0 Å². The van der Waals surface area contributed by atoms with E-state index in [2.05, 4.69) is 10.3 Å². The average molecular weight is 375 g/mol. The van der Waals surface area contributed by atoms with Gasteiger partial charge in [0.25, 0.3) is 5.91 Å². The molecular formula is C18H21N3O4S. The summed E-state index contributed by atoms with van der Waals surface area (Å²) in [4.78, 5) is 16.4. The maximum Gasteiger partial charge on any atom is 0.256 e. The fourth-order valence-electron chi connectivity index (χ4n) is 2.90. The fourth-order valence-corrected chi connectivity index (χ4v) is 4.47. The number of aromatic nitrogens is 1. The van der Waals surface area contributed by atoms with E-state index in [-0.39, 0.29) is 22.0 Å². The highest BCUT2D eigenvalue weighted by atomic mass is 32.2. The lowest BCUT2D eigenvalue weighted by Gasteiger charge is -2.20. The van der Waals surface area contributed by atoms with Gasteiger partial charge in [-0.05, 0) is 43.2 Å². The van der Waals surface area contributed by atoms with Crippen LogP contribution < -0.4 is 5.32 Å². The molecule has 0 bridgehead atoms. The number of benzene rings is 1. The maximum absolute atomic E-state index is 12.9. The summed E-state index contributed by atoms with van der Waals surface area (Å²) in [5.74, 6) is -0.667. The Hall–Kier alpha value is -2.45. The van der Waals surface area contributed by atoms with Crippen molar-refractivity contribution in [3.63, 3.8) is 0 Å². The summed E-state index contributed by atoms with van der Waals surface area (Å²) >= 11 is 0. The van der Waals surface area contributed by atoms with Gasteiger partial charge < -0.3 is 10.4 Å². The predicted octanol–water partition coefficient (Wildman–Crippen LogP) is 2.60. The van der Waals surface area contributed by atoms with Gasteiger partial charge in [0, 0.05) is 24.8 Å². The lowest BCUT2D eigenvalue weighted by Crippen LogP contribution is -2.32. The minimum absolute atomic E-state index is 0.0262. The molecule has 0 spiro atoms. The highest BCUT2D eigenvalue weighted by molar-refractivity contribution is 7.89. The van der Waals surface area contributed by atoms with Crippen molar-refractivity contribution in [1.82, 2.24) is 9.29 Å². The van der Waals surface area contributed by atoms with Crippen LogP contribution in [0.4, 0.5) is 5.82 Å². The minimum atomic E-state index is -3.63. The van der Waals surface area contributed by atoms with Crippen LogP contribution in [0.2, 0.25) is 0 Å². The number of hydrogen-bond acceptors (Lipinski definition) is 5. The third kappa shape index (κ3) is 4.03. The molecule has 26 heavy (non-hydrogen) atoms. The Bertz CT molecular complexity index is 891. The molecular weight excluding hydrogens is 354 g/mol. The zero-order valence-corrected chi connectivity index (χ0v) is 15.1. The Balaban J connectivity index is 1.83. The molecule has 3 rings (SSSR count). The number of amides is 1. The van der Waals surface area contributed by atoms with Crippen molar-refractivity contribution in [1.29, 1.82) is 0 Å². The van der Waals surface area contributed by atoms with E-state index in [0.29, 0.717) is 13.1 Å². The summed E-state index contributed by atoms with van der Waals surface area (Å²) in [7, 11) is -3.63. The molecule has 0 aliphatic carbocycles. The maximum atomic E-state index is 12.9. The SMILES string of the molecule is O=C(Nc1ncccc1O)c1cccc(S(=O)(=O)N2CCCCCC2)c1. The number of anilines is 1. The van der Waals surface area contributed by atoms with E-state index in [1.54, 1.807) is 6.07 Å². The van der Waals surface area contributed by atoms with E-state index in [9.17, 15) is 18.3 Å². The van der Waals surface area contributed by atoms with E-state index >= 15 is 0 Å². The van der Waals surface area contributed by atoms with Gasteiger partial charge in [-0.25, -0.2) is 13.4 Å². The second kappa shape index (κ2) is 7.84.